The first-order valence-electron chi connectivity index (χ1n) is 6.98. The predicted octanol–water partition coefficient (Wildman–Crippen LogP) is 4.65. The Kier molecular flexibility index (Phi) is 5.59. The van der Waals surface area contributed by atoms with Gasteiger partial charge in [-0.05, 0) is 42.8 Å². The van der Waals surface area contributed by atoms with Gasteiger partial charge in [0.25, 0.3) is 0 Å². The van der Waals surface area contributed by atoms with Crippen LogP contribution in [-0.2, 0) is 6.54 Å². The first-order chi connectivity index (χ1) is 10.2. The zero-order valence-electron chi connectivity index (χ0n) is 12.2. The highest BCUT2D eigenvalue weighted by molar-refractivity contribution is 6.31. The lowest BCUT2D eigenvalue weighted by molar-refractivity contribution is 0.416. The molecule has 0 fully saturated rings. The molecule has 0 aromatic heterocycles. The summed E-state index contributed by atoms with van der Waals surface area (Å²) in [7, 11) is 1.56. The van der Waals surface area contributed by atoms with Crippen molar-refractivity contribution in [1.29, 1.82) is 0 Å². The van der Waals surface area contributed by atoms with Gasteiger partial charge in [-0.1, -0.05) is 30.7 Å². The first kappa shape index (κ1) is 15.8. The second kappa shape index (κ2) is 7.43. The minimum absolute atomic E-state index is 0.272. The van der Waals surface area contributed by atoms with Crippen LogP contribution in [0.15, 0.2) is 36.4 Å². The third-order valence-electron chi connectivity index (χ3n) is 3.24. The molecule has 1 N–H and O–H groups in total. The van der Waals surface area contributed by atoms with Crippen molar-refractivity contribution < 1.29 is 9.13 Å². The molecule has 112 valence electrons. The molecule has 21 heavy (non-hydrogen) atoms. The smallest absolute Gasteiger partial charge is 0.131 e. The van der Waals surface area contributed by atoms with Crippen LogP contribution in [0.1, 0.15) is 18.9 Å². The molecule has 2 nitrogen and oxygen atoms in total. The normalized spacial score (nSPS) is 10.7. The van der Waals surface area contributed by atoms with Gasteiger partial charge in [-0.3, -0.25) is 0 Å². The molecule has 0 aliphatic heterocycles. The number of nitrogens with one attached hydrogen (secondary N) is 1. The lowest BCUT2D eigenvalue weighted by Gasteiger charge is -2.11. The Morgan fingerprint density at radius 3 is 2.62 bits per heavy atom. The molecule has 0 bridgehead atoms. The molecular weight excluding hydrogens is 289 g/mol. The van der Waals surface area contributed by atoms with E-state index in [9.17, 15) is 4.39 Å². The summed E-state index contributed by atoms with van der Waals surface area (Å²) in [5.74, 6) is 0.335. The molecule has 0 spiro atoms. The predicted molar refractivity (Wildman–Crippen MR) is 85.4 cm³/mol. The summed E-state index contributed by atoms with van der Waals surface area (Å²) in [6.45, 7) is 3.69. The van der Waals surface area contributed by atoms with Gasteiger partial charge >= 0.3 is 0 Å². The number of hydrogen-bond acceptors (Lipinski definition) is 2. The minimum atomic E-state index is -0.272. The van der Waals surface area contributed by atoms with Crippen molar-refractivity contribution in [3.8, 4) is 16.9 Å². The maximum atomic E-state index is 14.4. The Hall–Kier alpha value is -1.58. The average Bonchev–Trinajstić information content (AvgIpc) is 2.48. The third kappa shape index (κ3) is 3.96. The second-order valence-electron chi connectivity index (χ2n) is 4.84. The molecule has 0 atom stereocenters. The summed E-state index contributed by atoms with van der Waals surface area (Å²) in [6, 6.07) is 10.4. The molecule has 0 heterocycles. The zero-order valence-corrected chi connectivity index (χ0v) is 13.0. The Morgan fingerprint density at radius 2 is 1.95 bits per heavy atom. The number of rotatable bonds is 6. The van der Waals surface area contributed by atoms with Crippen molar-refractivity contribution in [2.45, 2.75) is 19.9 Å². The van der Waals surface area contributed by atoms with Crippen LogP contribution in [-0.4, -0.2) is 13.7 Å². The van der Waals surface area contributed by atoms with Crippen LogP contribution in [0.25, 0.3) is 11.1 Å². The molecule has 0 amide bonds. The number of ether oxygens (including phenoxy) is 1. The summed E-state index contributed by atoms with van der Waals surface area (Å²) in [6.07, 6.45) is 1.06. The average molecular weight is 308 g/mol. The van der Waals surface area contributed by atoms with E-state index in [4.69, 9.17) is 16.3 Å². The lowest BCUT2D eigenvalue weighted by atomic mass is 10.0. The van der Waals surface area contributed by atoms with Gasteiger partial charge in [0.05, 0.1) is 7.11 Å². The molecule has 2 aromatic carbocycles. The molecule has 0 aliphatic carbocycles. The van der Waals surface area contributed by atoms with E-state index in [2.05, 4.69) is 12.2 Å². The molecule has 2 rings (SSSR count). The number of methoxy groups -OCH3 is 1. The number of halogens is 2. The quantitative estimate of drug-likeness (QED) is 0.784. The fourth-order valence-electron chi connectivity index (χ4n) is 2.19. The Bertz CT molecular complexity index is 616. The van der Waals surface area contributed by atoms with Crippen LogP contribution in [0.5, 0.6) is 5.75 Å². The van der Waals surface area contributed by atoms with Crippen molar-refractivity contribution in [2.24, 2.45) is 0 Å². The Balaban J connectivity index is 2.30. The van der Waals surface area contributed by atoms with E-state index in [1.807, 2.05) is 6.07 Å². The van der Waals surface area contributed by atoms with E-state index in [-0.39, 0.29) is 5.82 Å². The highest BCUT2D eigenvalue weighted by Crippen LogP contribution is 2.34. The summed E-state index contributed by atoms with van der Waals surface area (Å²) in [5.41, 5.74) is 2.08. The van der Waals surface area contributed by atoms with E-state index in [0.717, 1.165) is 18.5 Å². The van der Waals surface area contributed by atoms with Crippen molar-refractivity contribution >= 4 is 11.6 Å². The molecule has 4 heteroatoms. The van der Waals surface area contributed by atoms with Gasteiger partial charge in [0.1, 0.15) is 11.6 Å². The second-order valence-corrected chi connectivity index (χ2v) is 5.27. The summed E-state index contributed by atoms with van der Waals surface area (Å²) >= 11 is 6.00. The van der Waals surface area contributed by atoms with Gasteiger partial charge in [0.15, 0.2) is 0 Å². The topological polar surface area (TPSA) is 21.3 Å². The van der Waals surface area contributed by atoms with Crippen molar-refractivity contribution in [2.75, 3.05) is 13.7 Å². The summed E-state index contributed by atoms with van der Waals surface area (Å²) < 4.78 is 19.6. The van der Waals surface area contributed by atoms with Gasteiger partial charge in [0, 0.05) is 22.7 Å². The SMILES string of the molecule is CCCNCc1ccc(-c2cc(Cl)ccc2OC)c(F)c1. The number of benzene rings is 2. The molecule has 0 radical (unpaired) electrons. The van der Waals surface area contributed by atoms with Crippen LogP contribution >= 0.6 is 11.6 Å². The van der Waals surface area contributed by atoms with Crippen LogP contribution in [0.4, 0.5) is 4.39 Å². The van der Waals surface area contributed by atoms with Gasteiger partial charge in [0.2, 0.25) is 0 Å². The van der Waals surface area contributed by atoms with E-state index in [0.29, 0.717) is 28.4 Å². The summed E-state index contributed by atoms with van der Waals surface area (Å²) in [4.78, 5) is 0. The van der Waals surface area contributed by atoms with E-state index in [1.54, 1.807) is 37.4 Å². The Labute approximate surface area is 129 Å². The maximum absolute atomic E-state index is 14.4. The van der Waals surface area contributed by atoms with E-state index in [1.165, 1.54) is 0 Å². The maximum Gasteiger partial charge on any atom is 0.131 e. The highest BCUT2D eigenvalue weighted by atomic mass is 35.5. The molecule has 0 aliphatic rings. The standard InChI is InChI=1S/C17H19ClFNO/c1-3-8-20-11-12-4-6-14(16(19)9-12)15-10-13(18)5-7-17(15)21-2/h4-7,9-10,20H,3,8,11H2,1-2H3. The largest absolute Gasteiger partial charge is 0.496 e. The monoisotopic (exact) mass is 307 g/mol. The molecule has 0 saturated heterocycles. The fraction of sp³-hybridized carbons (Fsp3) is 0.294. The third-order valence-corrected chi connectivity index (χ3v) is 3.48. The van der Waals surface area contributed by atoms with Crippen molar-refractivity contribution in [3.05, 3.63) is 52.8 Å². The van der Waals surface area contributed by atoms with Crippen LogP contribution in [0.2, 0.25) is 5.02 Å². The Morgan fingerprint density at radius 1 is 1.14 bits per heavy atom. The first-order valence-corrected chi connectivity index (χ1v) is 7.36. The van der Waals surface area contributed by atoms with Crippen LogP contribution < -0.4 is 10.1 Å². The van der Waals surface area contributed by atoms with Gasteiger partial charge in [-0.15, -0.1) is 0 Å². The fourth-order valence-corrected chi connectivity index (χ4v) is 2.36. The lowest BCUT2D eigenvalue weighted by Crippen LogP contribution is -2.13. The highest BCUT2D eigenvalue weighted by Gasteiger charge is 2.12. The van der Waals surface area contributed by atoms with Crippen molar-refractivity contribution in [3.63, 3.8) is 0 Å². The molecule has 0 saturated carbocycles. The van der Waals surface area contributed by atoms with Crippen LogP contribution in [0, 0.1) is 5.82 Å². The zero-order chi connectivity index (χ0) is 15.2. The van der Waals surface area contributed by atoms with Crippen LogP contribution in [0.3, 0.4) is 0 Å². The van der Waals surface area contributed by atoms with E-state index >= 15 is 0 Å². The van der Waals surface area contributed by atoms with Crippen molar-refractivity contribution in [1.82, 2.24) is 5.32 Å². The van der Waals surface area contributed by atoms with Gasteiger partial charge in [-0.25, -0.2) is 4.39 Å². The summed E-state index contributed by atoms with van der Waals surface area (Å²) in [5, 5.41) is 3.81. The van der Waals surface area contributed by atoms with Gasteiger partial charge < -0.3 is 10.1 Å². The molecule has 0 unspecified atom stereocenters. The minimum Gasteiger partial charge on any atom is -0.496 e. The molecule has 2 aromatic rings. The van der Waals surface area contributed by atoms with Gasteiger partial charge in [-0.2, -0.15) is 0 Å². The van der Waals surface area contributed by atoms with E-state index < -0.39 is 0 Å². The molecular formula is C17H19ClFNO. The number of hydrogen-bond donors (Lipinski definition) is 1.